The van der Waals surface area contributed by atoms with E-state index in [2.05, 4.69) is 30.6 Å². The summed E-state index contributed by atoms with van der Waals surface area (Å²) in [6.07, 6.45) is 2.12. The van der Waals surface area contributed by atoms with Gasteiger partial charge in [0.05, 0.1) is 0 Å². The number of thioether (sulfide) groups is 1. The van der Waals surface area contributed by atoms with Crippen LogP contribution in [0, 0.1) is 0 Å². The van der Waals surface area contributed by atoms with E-state index in [0.29, 0.717) is 11.6 Å². The van der Waals surface area contributed by atoms with Crippen molar-refractivity contribution in [1.29, 1.82) is 0 Å². The third-order valence-electron chi connectivity index (χ3n) is 2.94. The zero-order valence-corrected chi connectivity index (χ0v) is 12.0. The van der Waals surface area contributed by atoms with E-state index in [1.165, 1.54) is 5.56 Å². The van der Waals surface area contributed by atoms with Crippen molar-refractivity contribution in [2.75, 3.05) is 19.1 Å². The molecule has 0 saturated heterocycles. The van der Waals surface area contributed by atoms with Crippen LogP contribution in [0.4, 0.5) is 0 Å². The van der Waals surface area contributed by atoms with Crippen molar-refractivity contribution in [1.82, 2.24) is 10.3 Å². The molecular weight excluding hydrogens is 246 g/mol. The summed E-state index contributed by atoms with van der Waals surface area (Å²) in [5, 5.41) is 0. The van der Waals surface area contributed by atoms with Crippen LogP contribution in [-0.4, -0.2) is 35.9 Å². The molecule has 0 aliphatic rings. The molecule has 0 aliphatic carbocycles. The summed E-state index contributed by atoms with van der Waals surface area (Å²) in [5.41, 5.74) is 3.90. The molecule has 0 heterocycles. The summed E-state index contributed by atoms with van der Waals surface area (Å²) in [4.78, 5) is 13.6. The van der Waals surface area contributed by atoms with Gasteiger partial charge in [-0.25, -0.2) is 5.84 Å². The highest BCUT2D eigenvalue weighted by Gasteiger charge is 2.09. The van der Waals surface area contributed by atoms with E-state index in [-0.39, 0.29) is 5.91 Å². The molecule has 0 radical (unpaired) electrons. The van der Waals surface area contributed by atoms with Crippen LogP contribution >= 0.6 is 11.8 Å². The number of hydrogen-bond donors (Lipinski definition) is 2. The maximum Gasteiger partial charge on any atom is 0.265 e. The lowest BCUT2D eigenvalue weighted by Crippen LogP contribution is -2.31. The molecule has 100 valence electrons. The Morgan fingerprint density at radius 1 is 1.44 bits per heavy atom. The Morgan fingerprint density at radius 3 is 2.56 bits per heavy atom. The number of nitrogens with one attached hydrogen (secondary N) is 1. The molecule has 0 aromatic heterocycles. The molecule has 0 fully saturated rings. The smallest absolute Gasteiger partial charge is 0.265 e. The lowest BCUT2D eigenvalue weighted by atomic mass is 10.1. The van der Waals surface area contributed by atoms with Crippen molar-refractivity contribution in [3.63, 3.8) is 0 Å². The van der Waals surface area contributed by atoms with E-state index in [1.807, 2.05) is 23.9 Å². The van der Waals surface area contributed by atoms with Gasteiger partial charge in [0, 0.05) is 23.9 Å². The van der Waals surface area contributed by atoms with Gasteiger partial charge in [-0.15, -0.1) is 0 Å². The largest absolute Gasteiger partial charge is 0.299 e. The number of carbonyl (C=O) groups is 1. The van der Waals surface area contributed by atoms with Crippen molar-refractivity contribution in [3.05, 3.63) is 35.4 Å². The Kier molecular flexibility index (Phi) is 6.18. The summed E-state index contributed by atoms with van der Waals surface area (Å²) in [6, 6.07) is 8.06. The van der Waals surface area contributed by atoms with Gasteiger partial charge in [0.25, 0.3) is 5.91 Å². The fraction of sp³-hybridized carbons (Fsp3) is 0.462. The van der Waals surface area contributed by atoms with Crippen LogP contribution < -0.4 is 11.3 Å². The van der Waals surface area contributed by atoms with Gasteiger partial charge in [-0.2, -0.15) is 11.8 Å². The second kappa shape index (κ2) is 7.41. The Balaban J connectivity index is 2.60. The van der Waals surface area contributed by atoms with Gasteiger partial charge in [0.2, 0.25) is 0 Å². The van der Waals surface area contributed by atoms with E-state index in [9.17, 15) is 4.79 Å². The normalized spacial score (nSPS) is 12.5. The molecule has 5 heteroatoms. The topological polar surface area (TPSA) is 58.4 Å². The standard InChI is InChI=1S/C13H21N3OS/c1-10(9-18-3)16(2)8-11-4-6-12(7-5-11)13(17)15-14/h4-7,10H,8-9,14H2,1-3H3,(H,15,17). The summed E-state index contributed by atoms with van der Waals surface area (Å²) in [5.74, 6) is 5.94. The van der Waals surface area contributed by atoms with Gasteiger partial charge < -0.3 is 0 Å². The predicted molar refractivity (Wildman–Crippen MR) is 77.4 cm³/mol. The summed E-state index contributed by atoms with van der Waals surface area (Å²) in [6.45, 7) is 3.10. The molecule has 0 bridgehead atoms. The minimum atomic E-state index is -0.259. The Hall–Kier alpha value is -1.04. The minimum Gasteiger partial charge on any atom is -0.299 e. The van der Waals surface area contributed by atoms with Crippen molar-refractivity contribution >= 4 is 17.7 Å². The number of amides is 1. The molecule has 1 unspecified atom stereocenters. The predicted octanol–water partition coefficient (Wildman–Crippen LogP) is 1.47. The van der Waals surface area contributed by atoms with Crippen molar-refractivity contribution in [2.45, 2.75) is 19.5 Å². The van der Waals surface area contributed by atoms with E-state index >= 15 is 0 Å². The molecule has 0 aliphatic heterocycles. The number of carbonyl (C=O) groups excluding carboxylic acids is 1. The first-order valence-corrected chi connectivity index (χ1v) is 7.27. The summed E-state index contributed by atoms with van der Waals surface area (Å²) < 4.78 is 0. The zero-order valence-electron chi connectivity index (χ0n) is 11.1. The van der Waals surface area contributed by atoms with Gasteiger partial charge in [-0.05, 0) is 37.9 Å². The second-order valence-electron chi connectivity index (χ2n) is 4.39. The Labute approximate surface area is 113 Å². The minimum absolute atomic E-state index is 0.259. The van der Waals surface area contributed by atoms with Crippen LogP contribution in [0.1, 0.15) is 22.8 Å². The average Bonchev–Trinajstić information content (AvgIpc) is 2.39. The first-order chi connectivity index (χ1) is 8.58. The van der Waals surface area contributed by atoms with E-state index in [4.69, 9.17) is 5.84 Å². The fourth-order valence-electron chi connectivity index (χ4n) is 1.66. The highest BCUT2D eigenvalue weighted by atomic mass is 32.2. The van der Waals surface area contributed by atoms with Gasteiger partial charge in [0.1, 0.15) is 0 Å². The van der Waals surface area contributed by atoms with E-state index in [1.54, 1.807) is 12.1 Å². The van der Waals surface area contributed by atoms with Crippen LogP contribution in [-0.2, 0) is 6.54 Å². The molecule has 3 N–H and O–H groups in total. The molecule has 1 aromatic rings. The number of benzene rings is 1. The number of nitrogens with zero attached hydrogens (tertiary/aromatic N) is 1. The van der Waals surface area contributed by atoms with Crippen LogP contribution in [0.5, 0.6) is 0 Å². The lowest BCUT2D eigenvalue weighted by Gasteiger charge is -2.24. The lowest BCUT2D eigenvalue weighted by molar-refractivity contribution is 0.0953. The molecule has 0 saturated carbocycles. The molecule has 1 atom stereocenters. The van der Waals surface area contributed by atoms with Crippen molar-refractivity contribution < 1.29 is 4.79 Å². The fourth-order valence-corrected chi connectivity index (χ4v) is 2.39. The Morgan fingerprint density at radius 2 is 2.06 bits per heavy atom. The van der Waals surface area contributed by atoms with Crippen LogP contribution in [0.15, 0.2) is 24.3 Å². The van der Waals surface area contributed by atoms with Crippen LogP contribution in [0.25, 0.3) is 0 Å². The molecule has 1 rings (SSSR count). The van der Waals surface area contributed by atoms with Crippen molar-refractivity contribution in [2.24, 2.45) is 5.84 Å². The molecular formula is C13H21N3OS. The second-order valence-corrected chi connectivity index (χ2v) is 5.30. The van der Waals surface area contributed by atoms with Gasteiger partial charge in [-0.1, -0.05) is 12.1 Å². The van der Waals surface area contributed by atoms with Crippen molar-refractivity contribution in [3.8, 4) is 0 Å². The number of nitrogens with two attached hydrogens (primary N) is 1. The SMILES string of the molecule is CSCC(C)N(C)Cc1ccc(C(=O)NN)cc1. The molecule has 1 amide bonds. The Bertz CT molecular complexity index is 380. The summed E-state index contributed by atoms with van der Waals surface area (Å²) in [7, 11) is 2.11. The first kappa shape index (κ1) is 15.0. The first-order valence-electron chi connectivity index (χ1n) is 5.87. The quantitative estimate of drug-likeness (QED) is 0.465. The zero-order chi connectivity index (χ0) is 13.5. The average molecular weight is 267 g/mol. The number of rotatable bonds is 6. The maximum atomic E-state index is 11.3. The summed E-state index contributed by atoms with van der Waals surface area (Å²) >= 11 is 1.85. The molecule has 1 aromatic carbocycles. The van der Waals surface area contributed by atoms with Gasteiger partial charge in [-0.3, -0.25) is 15.1 Å². The van der Waals surface area contributed by atoms with E-state index in [0.717, 1.165) is 12.3 Å². The third-order valence-corrected chi connectivity index (χ3v) is 3.76. The van der Waals surface area contributed by atoms with E-state index < -0.39 is 0 Å². The van der Waals surface area contributed by atoms with Gasteiger partial charge >= 0.3 is 0 Å². The monoisotopic (exact) mass is 267 g/mol. The third kappa shape index (κ3) is 4.33. The van der Waals surface area contributed by atoms with Gasteiger partial charge in [0.15, 0.2) is 0 Å². The van der Waals surface area contributed by atoms with Crippen LogP contribution in [0.3, 0.4) is 0 Å². The number of hydrogen-bond acceptors (Lipinski definition) is 4. The van der Waals surface area contributed by atoms with Crippen LogP contribution in [0.2, 0.25) is 0 Å². The highest BCUT2D eigenvalue weighted by Crippen LogP contribution is 2.10. The highest BCUT2D eigenvalue weighted by molar-refractivity contribution is 7.98. The maximum absolute atomic E-state index is 11.3. The molecule has 18 heavy (non-hydrogen) atoms. The number of hydrazine groups is 1. The molecule has 0 spiro atoms. The number of nitrogen functional groups attached to an aromatic ring is 1. The molecule has 4 nitrogen and oxygen atoms in total.